The van der Waals surface area contributed by atoms with E-state index in [1.54, 1.807) is 0 Å². The summed E-state index contributed by atoms with van der Waals surface area (Å²) in [5.41, 5.74) is 0. The minimum atomic E-state index is -0.0653. The molecule has 0 fully saturated rings. The van der Waals surface area contributed by atoms with E-state index in [0.29, 0.717) is 12.5 Å². The van der Waals surface area contributed by atoms with Crippen molar-refractivity contribution in [2.75, 3.05) is 20.2 Å². The maximum absolute atomic E-state index is 11.4. The molecule has 0 spiro atoms. The Hall–Kier alpha value is -0.570. The van der Waals surface area contributed by atoms with Gasteiger partial charge in [0, 0.05) is 0 Å². The molecule has 0 heterocycles. The number of carbonyl (C=O) groups excluding carboxylic acids is 1. The molecule has 0 aromatic carbocycles. The summed E-state index contributed by atoms with van der Waals surface area (Å²) >= 11 is 0. The summed E-state index contributed by atoms with van der Waals surface area (Å²) in [4.78, 5) is 11.4. The van der Waals surface area contributed by atoms with Crippen molar-refractivity contribution in [2.45, 2.75) is 60.8 Å². The molecular weight excluding hydrogens is 238 g/mol. The van der Waals surface area contributed by atoms with Gasteiger partial charge in [-0.25, -0.2) is 0 Å². The second-order valence-corrected chi connectivity index (χ2v) is 5.81. The van der Waals surface area contributed by atoms with Gasteiger partial charge < -0.3 is 10.1 Å². The Morgan fingerprint density at radius 3 is 2.00 bits per heavy atom. The van der Waals surface area contributed by atoms with E-state index in [0.717, 1.165) is 25.3 Å². The Morgan fingerprint density at radius 2 is 1.63 bits per heavy atom. The summed E-state index contributed by atoms with van der Waals surface area (Å²) in [5, 5.41) is 3.06. The fourth-order valence-electron chi connectivity index (χ4n) is 0.980. The number of hydrogen-bond acceptors (Lipinski definition) is 3. The predicted molar refractivity (Wildman–Crippen MR) is 83.3 cm³/mol. The first-order valence-corrected chi connectivity index (χ1v) is 7.67. The first kappa shape index (κ1) is 20.7. The van der Waals surface area contributed by atoms with Crippen molar-refractivity contribution in [3.8, 4) is 0 Å². The number of rotatable bonds is 8. The molecule has 0 aliphatic heterocycles. The monoisotopic (exact) mass is 273 g/mol. The quantitative estimate of drug-likeness (QED) is 0.539. The standard InChI is InChI=1S/C11H23NO2.C5H12/c1-9(2)10(3)11(13)14-8-6-5-7-12-4;1-4-5(2)3/h9-10,12H,5-8H2,1-4H3;5H,4H2,1-3H3. The molecule has 0 aliphatic carbocycles. The topological polar surface area (TPSA) is 38.3 Å². The first-order chi connectivity index (χ1) is 8.86. The predicted octanol–water partition coefficient (Wildman–Crippen LogP) is 3.87. The van der Waals surface area contributed by atoms with Gasteiger partial charge in [0.1, 0.15) is 0 Å². The Kier molecular flexibility index (Phi) is 15.1. The van der Waals surface area contributed by atoms with Crippen LogP contribution >= 0.6 is 0 Å². The Labute approximate surface area is 120 Å². The fraction of sp³-hybridized carbons (Fsp3) is 0.938. The van der Waals surface area contributed by atoms with Crippen molar-refractivity contribution in [1.82, 2.24) is 5.32 Å². The summed E-state index contributed by atoms with van der Waals surface area (Å²) < 4.78 is 5.14. The highest BCUT2D eigenvalue weighted by Crippen LogP contribution is 2.11. The van der Waals surface area contributed by atoms with Gasteiger partial charge in [-0.05, 0) is 38.3 Å². The fourth-order valence-corrected chi connectivity index (χ4v) is 0.980. The van der Waals surface area contributed by atoms with Gasteiger partial charge >= 0.3 is 5.97 Å². The summed E-state index contributed by atoms with van der Waals surface area (Å²) in [7, 11) is 1.92. The van der Waals surface area contributed by atoms with E-state index in [1.807, 2.05) is 27.8 Å². The van der Waals surface area contributed by atoms with Gasteiger partial charge in [0.25, 0.3) is 0 Å². The van der Waals surface area contributed by atoms with Crippen LogP contribution in [0.5, 0.6) is 0 Å². The highest BCUT2D eigenvalue weighted by Gasteiger charge is 2.17. The zero-order valence-electron chi connectivity index (χ0n) is 14.1. The van der Waals surface area contributed by atoms with Crippen LogP contribution in [0.25, 0.3) is 0 Å². The number of unbranched alkanes of at least 4 members (excludes halogenated alkanes) is 1. The molecule has 0 bridgehead atoms. The van der Waals surface area contributed by atoms with E-state index < -0.39 is 0 Å². The molecule has 0 aromatic heterocycles. The lowest BCUT2D eigenvalue weighted by atomic mass is 9.99. The van der Waals surface area contributed by atoms with E-state index in [2.05, 4.69) is 26.1 Å². The molecule has 1 N–H and O–H groups in total. The molecular formula is C16H35NO2. The Bertz CT molecular complexity index is 203. The summed E-state index contributed by atoms with van der Waals surface area (Å²) in [6, 6.07) is 0. The lowest BCUT2D eigenvalue weighted by Crippen LogP contribution is -2.20. The zero-order chi connectivity index (χ0) is 15.3. The number of esters is 1. The summed E-state index contributed by atoms with van der Waals surface area (Å²) in [6.45, 7) is 14.2. The maximum atomic E-state index is 11.4. The van der Waals surface area contributed by atoms with Crippen LogP contribution in [0.4, 0.5) is 0 Å². The number of carbonyl (C=O) groups is 1. The van der Waals surface area contributed by atoms with E-state index in [1.165, 1.54) is 6.42 Å². The molecule has 0 aliphatic rings. The molecule has 1 atom stereocenters. The number of ether oxygens (including phenoxy) is 1. The van der Waals surface area contributed by atoms with Crippen LogP contribution in [-0.2, 0) is 9.53 Å². The SMILES string of the molecule is CCC(C)C.CNCCCCOC(=O)C(C)C(C)C. The molecule has 3 nitrogen and oxygen atoms in total. The van der Waals surface area contributed by atoms with E-state index in [-0.39, 0.29) is 11.9 Å². The molecule has 0 radical (unpaired) electrons. The zero-order valence-corrected chi connectivity index (χ0v) is 14.1. The number of hydrogen-bond donors (Lipinski definition) is 1. The van der Waals surface area contributed by atoms with Gasteiger partial charge in [-0.15, -0.1) is 0 Å². The average Bonchev–Trinajstić information content (AvgIpc) is 2.37. The Balaban J connectivity index is 0. The van der Waals surface area contributed by atoms with E-state index in [4.69, 9.17) is 4.74 Å². The summed E-state index contributed by atoms with van der Waals surface area (Å²) in [6.07, 6.45) is 3.30. The molecule has 116 valence electrons. The van der Waals surface area contributed by atoms with Crippen LogP contribution < -0.4 is 5.32 Å². The molecule has 0 rings (SSSR count). The largest absolute Gasteiger partial charge is 0.465 e. The molecule has 19 heavy (non-hydrogen) atoms. The highest BCUT2D eigenvalue weighted by atomic mass is 16.5. The van der Waals surface area contributed by atoms with Crippen molar-refractivity contribution in [3.05, 3.63) is 0 Å². The van der Waals surface area contributed by atoms with Crippen molar-refractivity contribution in [2.24, 2.45) is 17.8 Å². The lowest BCUT2D eigenvalue weighted by Gasteiger charge is -2.14. The van der Waals surface area contributed by atoms with Crippen molar-refractivity contribution in [3.63, 3.8) is 0 Å². The molecule has 0 amide bonds. The Morgan fingerprint density at radius 1 is 1.11 bits per heavy atom. The molecule has 0 saturated carbocycles. The smallest absolute Gasteiger partial charge is 0.308 e. The van der Waals surface area contributed by atoms with Crippen molar-refractivity contribution in [1.29, 1.82) is 0 Å². The minimum absolute atomic E-state index is 0.0132. The van der Waals surface area contributed by atoms with Gasteiger partial charge in [-0.2, -0.15) is 0 Å². The molecule has 0 saturated heterocycles. The van der Waals surface area contributed by atoms with Crippen LogP contribution in [0, 0.1) is 17.8 Å². The van der Waals surface area contributed by atoms with E-state index >= 15 is 0 Å². The van der Waals surface area contributed by atoms with Crippen LogP contribution in [0.1, 0.15) is 60.8 Å². The van der Waals surface area contributed by atoms with Crippen LogP contribution in [0.15, 0.2) is 0 Å². The molecule has 1 unspecified atom stereocenters. The van der Waals surface area contributed by atoms with Crippen LogP contribution in [0.2, 0.25) is 0 Å². The van der Waals surface area contributed by atoms with Crippen molar-refractivity contribution < 1.29 is 9.53 Å². The first-order valence-electron chi connectivity index (χ1n) is 7.67. The third kappa shape index (κ3) is 15.4. The van der Waals surface area contributed by atoms with Gasteiger partial charge in [0.2, 0.25) is 0 Å². The van der Waals surface area contributed by atoms with Crippen LogP contribution in [-0.4, -0.2) is 26.2 Å². The van der Waals surface area contributed by atoms with Crippen LogP contribution in [0.3, 0.4) is 0 Å². The lowest BCUT2D eigenvalue weighted by molar-refractivity contribution is -0.149. The summed E-state index contributed by atoms with van der Waals surface area (Å²) in [5.74, 6) is 1.19. The normalized spacial score (nSPS) is 12.1. The van der Waals surface area contributed by atoms with Crippen molar-refractivity contribution >= 4 is 5.97 Å². The molecule has 3 heteroatoms. The third-order valence-electron chi connectivity index (χ3n) is 3.25. The van der Waals surface area contributed by atoms with Gasteiger partial charge in [-0.3, -0.25) is 4.79 Å². The van der Waals surface area contributed by atoms with Gasteiger partial charge in [0.05, 0.1) is 12.5 Å². The average molecular weight is 273 g/mol. The van der Waals surface area contributed by atoms with Gasteiger partial charge in [0.15, 0.2) is 0 Å². The number of nitrogens with one attached hydrogen (secondary N) is 1. The second kappa shape index (κ2) is 13.9. The third-order valence-corrected chi connectivity index (χ3v) is 3.25. The highest BCUT2D eigenvalue weighted by molar-refractivity contribution is 5.72. The minimum Gasteiger partial charge on any atom is -0.465 e. The van der Waals surface area contributed by atoms with Gasteiger partial charge in [-0.1, -0.05) is 48.0 Å². The molecule has 0 aromatic rings. The maximum Gasteiger partial charge on any atom is 0.308 e. The second-order valence-electron chi connectivity index (χ2n) is 5.81. The van der Waals surface area contributed by atoms with E-state index in [9.17, 15) is 4.79 Å².